The summed E-state index contributed by atoms with van der Waals surface area (Å²) >= 11 is 0. The molecule has 0 saturated carbocycles. The summed E-state index contributed by atoms with van der Waals surface area (Å²) in [6.07, 6.45) is 0. The van der Waals surface area contributed by atoms with Crippen molar-refractivity contribution in [2.24, 2.45) is 0 Å². The standard InChI is InChI=1S/C17H17N/c1-11-8-9-16-15(10-11)13(3)17(18-16)14-7-5-4-6-12(14)2/h4-10,18H,1-3H3. The van der Waals surface area contributed by atoms with Gasteiger partial charge in [0, 0.05) is 22.2 Å². The van der Waals surface area contributed by atoms with E-state index in [1.54, 1.807) is 0 Å². The van der Waals surface area contributed by atoms with Crippen LogP contribution in [0.25, 0.3) is 22.2 Å². The number of aryl methyl sites for hydroxylation is 3. The van der Waals surface area contributed by atoms with Crippen LogP contribution in [0.15, 0.2) is 42.5 Å². The molecule has 1 N–H and O–H groups in total. The molecule has 0 aliphatic heterocycles. The van der Waals surface area contributed by atoms with Crippen molar-refractivity contribution >= 4 is 10.9 Å². The third-order valence-electron chi connectivity index (χ3n) is 3.63. The molecule has 0 aliphatic carbocycles. The molecule has 0 radical (unpaired) electrons. The van der Waals surface area contributed by atoms with Gasteiger partial charge in [-0.1, -0.05) is 35.9 Å². The summed E-state index contributed by atoms with van der Waals surface area (Å²) in [5.74, 6) is 0. The minimum absolute atomic E-state index is 1.22. The first kappa shape index (κ1) is 11.1. The normalized spacial score (nSPS) is 11.1. The highest BCUT2D eigenvalue weighted by molar-refractivity contribution is 5.91. The summed E-state index contributed by atoms with van der Waals surface area (Å²) < 4.78 is 0. The lowest BCUT2D eigenvalue weighted by Gasteiger charge is -2.04. The number of rotatable bonds is 1. The second-order valence-electron chi connectivity index (χ2n) is 4.99. The molecule has 0 atom stereocenters. The van der Waals surface area contributed by atoms with Crippen molar-refractivity contribution in [3.63, 3.8) is 0 Å². The smallest absolute Gasteiger partial charge is 0.0497 e. The summed E-state index contributed by atoms with van der Waals surface area (Å²) in [4.78, 5) is 3.55. The van der Waals surface area contributed by atoms with Crippen molar-refractivity contribution in [3.8, 4) is 11.3 Å². The number of hydrogen-bond donors (Lipinski definition) is 1. The number of aromatic amines is 1. The van der Waals surface area contributed by atoms with Crippen LogP contribution in [0.5, 0.6) is 0 Å². The summed E-state index contributed by atoms with van der Waals surface area (Å²) in [6, 6.07) is 15.1. The van der Waals surface area contributed by atoms with Crippen LogP contribution < -0.4 is 0 Å². The molecular formula is C17H17N. The van der Waals surface area contributed by atoms with Gasteiger partial charge in [0.05, 0.1) is 0 Å². The molecule has 0 bridgehead atoms. The molecular weight excluding hydrogens is 218 g/mol. The number of nitrogens with one attached hydrogen (secondary N) is 1. The number of hydrogen-bond acceptors (Lipinski definition) is 0. The Balaban J connectivity index is 2.31. The fourth-order valence-electron chi connectivity index (χ4n) is 2.56. The minimum Gasteiger partial charge on any atom is -0.354 e. The Kier molecular flexibility index (Phi) is 2.48. The van der Waals surface area contributed by atoms with Crippen molar-refractivity contribution in [3.05, 3.63) is 59.2 Å². The van der Waals surface area contributed by atoms with E-state index in [1.165, 1.54) is 38.9 Å². The number of benzene rings is 2. The Labute approximate surface area is 107 Å². The number of fused-ring (bicyclic) bond motifs is 1. The molecule has 0 fully saturated rings. The lowest BCUT2D eigenvalue weighted by Crippen LogP contribution is -1.84. The summed E-state index contributed by atoms with van der Waals surface area (Å²) in [5.41, 5.74) is 7.71. The van der Waals surface area contributed by atoms with Crippen LogP contribution in [-0.4, -0.2) is 4.98 Å². The topological polar surface area (TPSA) is 15.8 Å². The van der Waals surface area contributed by atoms with E-state index in [-0.39, 0.29) is 0 Å². The summed E-state index contributed by atoms with van der Waals surface area (Å²) in [6.45, 7) is 6.49. The molecule has 1 heteroatoms. The van der Waals surface area contributed by atoms with Crippen LogP contribution in [0.3, 0.4) is 0 Å². The van der Waals surface area contributed by atoms with E-state index in [9.17, 15) is 0 Å². The maximum absolute atomic E-state index is 3.55. The maximum Gasteiger partial charge on any atom is 0.0497 e. The Morgan fingerprint density at radius 3 is 2.44 bits per heavy atom. The van der Waals surface area contributed by atoms with E-state index < -0.39 is 0 Å². The first-order chi connectivity index (χ1) is 8.66. The number of H-pyrrole nitrogens is 1. The molecule has 90 valence electrons. The zero-order chi connectivity index (χ0) is 12.7. The lowest BCUT2D eigenvalue weighted by molar-refractivity contribution is 1.36. The monoisotopic (exact) mass is 235 g/mol. The maximum atomic E-state index is 3.55. The first-order valence-corrected chi connectivity index (χ1v) is 6.32. The highest BCUT2D eigenvalue weighted by Crippen LogP contribution is 2.31. The molecule has 1 aromatic heterocycles. The average Bonchev–Trinajstić information content (AvgIpc) is 2.68. The van der Waals surface area contributed by atoms with Gasteiger partial charge in [0.25, 0.3) is 0 Å². The fraction of sp³-hybridized carbons (Fsp3) is 0.176. The van der Waals surface area contributed by atoms with Crippen molar-refractivity contribution in [1.82, 2.24) is 4.98 Å². The van der Waals surface area contributed by atoms with E-state index in [1.807, 2.05) is 0 Å². The van der Waals surface area contributed by atoms with Crippen molar-refractivity contribution < 1.29 is 0 Å². The first-order valence-electron chi connectivity index (χ1n) is 6.32. The Bertz CT molecular complexity index is 720. The molecule has 3 aromatic rings. The number of aromatic nitrogens is 1. The predicted octanol–water partition coefficient (Wildman–Crippen LogP) is 4.76. The van der Waals surface area contributed by atoms with E-state index in [2.05, 4.69) is 68.2 Å². The molecule has 0 amide bonds. The van der Waals surface area contributed by atoms with Crippen molar-refractivity contribution in [2.75, 3.05) is 0 Å². The van der Waals surface area contributed by atoms with Crippen LogP contribution in [0, 0.1) is 20.8 Å². The van der Waals surface area contributed by atoms with E-state index in [0.29, 0.717) is 0 Å². The summed E-state index contributed by atoms with van der Waals surface area (Å²) in [5, 5.41) is 1.33. The van der Waals surface area contributed by atoms with Crippen LogP contribution >= 0.6 is 0 Å². The molecule has 1 nitrogen and oxygen atoms in total. The van der Waals surface area contributed by atoms with Crippen molar-refractivity contribution in [2.45, 2.75) is 20.8 Å². The predicted molar refractivity (Wildman–Crippen MR) is 77.9 cm³/mol. The molecule has 18 heavy (non-hydrogen) atoms. The van der Waals surface area contributed by atoms with Crippen LogP contribution in [-0.2, 0) is 0 Å². The molecule has 3 rings (SSSR count). The fourth-order valence-corrected chi connectivity index (χ4v) is 2.56. The van der Waals surface area contributed by atoms with Gasteiger partial charge in [-0.15, -0.1) is 0 Å². The Hall–Kier alpha value is -2.02. The Morgan fingerprint density at radius 2 is 1.67 bits per heavy atom. The second-order valence-corrected chi connectivity index (χ2v) is 4.99. The highest BCUT2D eigenvalue weighted by atomic mass is 14.7. The van der Waals surface area contributed by atoms with Gasteiger partial charge in [-0.3, -0.25) is 0 Å². The van der Waals surface area contributed by atoms with Gasteiger partial charge in [-0.2, -0.15) is 0 Å². The third-order valence-corrected chi connectivity index (χ3v) is 3.63. The van der Waals surface area contributed by atoms with Gasteiger partial charge in [-0.05, 0) is 44.0 Å². The zero-order valence-electron chi connectivity index (χ0n) is 11.0. The third kappa shape index (κ3) is 1.63. The lowest BCUT2D eigenvalue weighted by atomic mass is 10.0. The SMILES string of the molecule is Cc1ccc2[nH]c(-c3ccccc3C)c(C)c2c1. The molecule has 2 aromatic carbocycles. The van der Waals surface area contributed by atoms with Crippen LogP contribution in [0.4, 0.5) is 0 Å². The van der Waals surface area contributed by atoms with Crippen molar-refractivity contribution in [1.29, 1.82) is 0 Å². The van der Waals surface area contributed by atoms with Gasteiger partial charge in [0.15, 0.2) is 0 Å². The largest absolute Gasteiger partial charge is 0.354 e. The van der Waals surface area contributed by atoms with Gasteiger partial charge >= 0.3 is 0 Å². The average molecular weight is 235 g/mol. The van der Waals surface area contributed by atoms with Crippen LogP contribution in [0.2, 0.25) is 0 Å². The quantitative estimate of drug-likeness (QED) is 0.626. The molecule has 0 unspecified atom stereocenters. The van der Waals surface area contributed by atoms with E-state index >= 15 is 0 Å². The molecule has 0 spiro atoms. The van der Waals surface area contributed by atoms with Gasteiger partial charge in [0.1, 0.15) is 0 Å². The summed E-state index contributed by atoms with van der Waals surface area (Å²) in [7, 11) is 0. The van der Waals surface area contributed by atoms with E-state index in [4.69, 9.17) is 0 Å². The minimum atomic E-state index is 1.22. The molecule has 1 heterocycles. The highest BCUT2D eigenvalue weighted by Gasteiger charge is 2.10. The van der Waals surface area contributed by atoms with Gasteiger partial charge in [-0.25, -0.2) is 0 Å². The van der Waals surface area contributed by atoms with Gasteiger partial charge in [0.2, 0.25) is 0 Å². The molecule has 0 saturated heterocycles. The van der Waals surface area contributed by atoms with Crippen LogP contribution in [0.1, 0.15) is 16.7 Å². The zero-order valence-corrected chi connectivity index (χ0v) is 11.0. The van der Waals surface area contributed by atoms with E-state index in [0.717, 1.165) is 0 Å². The Morgan fingerprint density at radius 1 is 0.889 bits per heavy atom. The van der Waals surface area contributed by atoms with Gasteiger partial charge < -0.3 is 4.98 Å². The molecule has 0 aliphatic rings. The second kappa shape index (κ2) is 4.02.